The molecule has 0 heterocycles. The maximum atomic E-state index is 12.2. The highest BCUT2D eigenvalue weighted by molar-refractivity contribution is 5.87. The quantitative estimate of drug-likeness (QED) is 0.164. The Morgan fingerprint density at radius 2 is 1.94 bits per heavy atom. The van der Waals surface area contributed by atoms with Crippen LogP contribution in [0.5, 0.6) is 11.5 Å². The van der Waals surface area contributed by atoms with E-state index in [0.29, 0.717) is 24.0 Å². The highest BCUT2D eigenvalue weighted by Crippen LogP contribution is 2.62. The van der Waals surface area contributed by atoms with Gasteiger partial charge in [-0.2, -0.15) is 0 Å². The van der Waals surface area contributed by atoms with Crippen LogP contribution in [0.2, 0.25) is 0 Å². The van der Waals surface area contributed by atoms with E-state index in [9.17, 15) is 24.9 Å². The van der Waals surface area contributed by atoms with E-state index in [1.165, 1.54) is 29.9 Å². The Labute approximate surface area is 208 Å². The summed E-state index contributed by atoms with van der Waals surface area (Å²) >= 11 is 0. The molecule has 5 atom stereocenters. The zero-order chi connectivity index (χ0) is 25.8. The Hall–Kier alpha value is -2.76. The Morgan fingerprint density at radius 1 is 1.20 bits per heavy atom. The number of aliphatic carboxylic acids is 1. The summed E-state index contributed by atoms with van der Waals surface area (Å²) in [5.41, 5.74) is 1.17. The molecule has 6 heteroatoms. The van der Waals surface area contributed by atoms with E-state index < -0.39 is 17.4 Å². The van der Waals surface area contributed by atoms with Gasteiger partial charge in [0.15, 0.2) is 11.5 Å². The number of carbonyl (C=O) groups excluding carboxylic acids is 1. The van der Waals surface area contributed by atoms with Crippen LogP contribution in [0.25, 0.3) is 6.08 Å². The average Bonchev–Trinajstić information content (AvgIpc) is 2.79. The summed E-state index contributed by atoms with van der Waals surface area (Å²) in [6.45, 7) is 11.1. The Balaban J connectivity index is 1.49. The maximum absolute atomic E-state index is 12.2. The van der Waals surface area contributed by atoms with Gasteiger partial charge in [-0.15, -0.1) is 0 Å². The number of aromatic hydroxyl groups is 2. The highest BCUT2D eigenvalue weighted by Gasteiger charge is 2.57. The molecule has 6 nitrogen and oxygen atoms in total. The summed E-state index contributed by atoms with van der Waals surface area (Å²) < 4.78 is 5.34. The van der Waals surface area contributed by atoms with Gasteiger partial charge in [0.05, 0.1) is 12.0 Å². The molecule has 2 saturated carbocycles. The molecule has 5 unspecified atom stereocenters. The summed E-state index contributed by atoms with van der Waals surface area (Å²) in [5.74, 6) is -0.685. The van der Waals surface area contributed by atoms with Crippen molar-refractivity contribution in [1.82, 2.24) is 0 Å². The second kappa shape index (κ2) is 10.9. The third kappa shape index (κ3) is 5.91. The van der Waals surface area contributed by atoms with Crippen molar-refractivity contribution in [3.63, 3.8) is 0 Å². The number of fused-ring (bicyclic) bond motifs is 1. The number of rotatable bonds is 9. The van der Waals surface area contributed by atoms with Crippen LogP contribution in [-0.4, -0.2) is 33.9 Å². The van der Waals surface area contributed by atoms with E-state index in [2.05, 4.69) is 20.4 Å². The highest BCUT2D eigenvalue weighted by atomic mass is 16.5. The number of carbonyl (C=O) groups is 2. The van der Waals surface area contributed by atoms with Gasteiger partial charge in [-0.3, -0.25) is 4.79 Å². The van der Waals surface area contributed by atoms with E-state index in [1.54, 1.807) is 6.07 Å². The number of hydrogen-bond acceptors (Lipinski definition) is 5. The molecule has 0 amide bonds. The lowest BCUT2D eigenvalue weighted by Gasteiger charge is -2.57. The van der Waals surface area contributed by atoms with Crippen LogP contribution in [0.15, 0.2) is 36.4 Å². The maximum Gasteiger partial charge on any atom is 0.330 e. The van der Waals surface area contributed by atoms with E-state index in [0.717, 1.165) is 51.4 Å². The van der Waals surface area contributed by atoms with Gasteiger partial charge in [0, 0.05) is 6.08 Å². The van der Waals surface area contributed by atoms with Crippen LogP contribution in [-0.2, 0) is 14.3 Å². The van der Waals surface area contributed by atoms with Crippen molar-refractivity contribution in [3.8, 4) is 11.5 Å². The third-order valence-electron chi connectivity index (χ3n) is 8.72. The van der Waals surface area contributed by atoms with E-state index in [4.69, 9.17) is 4.74 Å². The van der Waals surface area contributed by atoms with Crippen molar-refractivity contribution >= 4 is 18.0 Å². The molecule has 0 aromatic heterocycles. The number of esters is 1. The van der Waals surface area contributed by atoms with Gasteiger partial charge >= 0.3 is 11.9 Å². The summed E-state index contributed by atoms with van der Waals surface area (Å²) in [5, 5.41) is 28.9. The lowest BCUT2D eigenvalue weighted by Crippen LogP contribution is -2.53. The topological polar surface area (TPSA) is 104 Å². The fourth-order valence-electron chi connectivity index (χ4n) is 6.55. The summed E-state index contributed by atoms with van der Waals surface area (Å²) in [6.07, 6.45) is 10.2. The number of ether oxygens (including phenoxy) is 1. The van der Waals surface area contributed by atoms with Crippen molar-refractivity contribution in [3.05, 3.63) is 42.0 Å². The Bertz CT molecular complexity index is 981. The summed E-state index contributed by atoms with van der Waals surface area (Å²) in [7, 11) is 0. The molecule has 2 aliphatic carbocycles. The average molecular weight is 485 g/mol. The number of carboxylic acid groups (broad SMARTS) is 1. The summed E-state index contributed by atoms with van der Waals surface area (Å²) in [6, 6.07) is 4.33. The van der Waals surface area contributed by atoms with Crippen molar-refractivity contribution in [1.29, 1.82) is 0 Å². The molecule has 0 saturated heterocycles. The van der Waals surface area contributed by atoms with Crippen molar-refractivity contribution in [2.75, 3.05) is 6.61 Å². The first-order valence-electron chi connectivity index (χ1n) is 12.7. The fraction of sp³-hybridized carbons (Fsp3) is 0.586. The molecule has 0 bridgehead atoms. The van der Waals surface area contributed by atoms with Gasteiger partial charge in [0.25, 0.3) is 0 Å². The first-order chi connectivity index (χ1) is 16.5. The number of phenols is 2. The van der Waals surface area contributed by atoms with Crippen molar-refractivity contribution in [2.45, 2.75) is 72.1 Å². The predicted molar refractivity (Wildman–Crippen MR) is 136 cm³/mol. The Morgan fingerprint density at radius 3 is 2.63 bits per heavy atom. The second-order valence-electron chi connectivity index (χ2n) is 11.1. The van der Waals surface area contributed by atoms with Crippen LogP contribution in [0.4, 0.5) is 0 Å². The molecule has 3 rings (SSSR count). The minimum absolute atomic E-state index is 0.0274. The SMILES string of the molecule is C=C1CCC2C(C)(C(=O)O)CCCC2(C)C1CCC(C)CCOC(=O)C=Cc1ccc(O)c(O)c1. The molecule has 0 radical (unpaired) electrons. The van der Waals surface area contributed by atoms with E-state index >= 15 is 0 Å². The fourth-order valence-corrected chi connectivity index (χ4v) is 6.55. The van der Waals surface area contributed by atoms with Crippen LogP contribution in [0, 0.1) is 28.6 Å². The zero-order valence-electron chi connectivity index (χ0n) is 21.3. The molecule has 35 heavy (non-hydrogen) atoms. The van der Waals surface area contributed by atoms with Gasteiger partial charge in [0.2, 0.25) is 0 Å². The standard InChI is InChI=1S/C29H40O6/c1-19(14-17-35-26(32)13-9-21-8-11-23(30)24(31)18-21)6-10-22-20(2)7-12-25-28(22,3)15-5-16-29(25,4)27(33)34/h8-9,11,13,18-19,22,25,30-31H,2,5-7,10,12,14-17H2,1,3-4H3,(H,33,34). The lowest BCUT2D eigenvalue weighted by atomic mass is 9.46. The van der Waals surface area contributed by atoms with E-state index in [1.807, 2.05) is 6.92 Å². The summed E-state index contributed by atoms with van der Waals surface area (Å²) in [4.78, 5) is 24.2. The predicted octanol–water partition coefficient (Wildman–Crippen LogP) is 6.32. The smallest absolute Gasteiger partial charge is 0.330 e. The molecular formula is C29H40O6. The number of allylic oxidation sites excluding steroid dienone is 1. The van der Waals surface area contributed by atoms with Crippen LogP contribution in [0.1, 0.15) is 77.7 Å². The number of benzene rings is 1. The first-order valence-corrected chi connectivity index (χ1v) is 12.7. The van der Waals surface area contributed by atoms with Gasteiger partial charge in [-0.05, 0) is 98.8 Å². The van der Waals surface area contributed by atoms with Crippen LogP contribution in [0.3, 0.4) is 0 Å². The van der Waals surface area contributed by atoms with Crippen molar-refractivity contribution in [2.24, 2.45) is 28.6 Å². The lowest BCUT2D eigenvalue weighted by molar-refractivity contribution is -0.164. The molecule has 2 fully saturated rings. The first kappa shape index (κ1) is 26.8. The minimum atomic E-state index is -0.661. The molecule has 1 aromatic rings. The van der Waals surface area contributed by atoms with Gasteiger partial charge in [-0.1, -0.05) is 38.5 Å². The van der Waals surface area contributed by atoms with E-state index in [-0.39, 0.29) is 22.8 Å². The minimum Gasteiger partial charge on any atom is -0.504 e. The van der Waals surface area contributed by atoms with Gasteiger partial charge in [0.1, 0.15) is 0 Å². The number of phenolic OH excluding ortho intramolecular Hbond substituents is 2. The second-order valence-corrected chi connectivity index (χ2v) is 11.1. The molecular weight excluding hydrogens is 444 g/mol. The van der Waals surface area contributed by atoms with Crippen LogP contribution >= 0.6 is 0 Å². The zero-order valence-corrected chi connectivity index (χ0v) is 21.3. The monoisotopic (exact) mass is 484 g/mol. The molecule has 192 valence electrons. The van der Waals surface area contributed by atoms with Gasteiger partial charge in [-0.25, -0.2) is 4.79 Å². The van der Waals surface area contributed by atoms with Crippen molar-refractivity contribution < 1.29 is 29.6 Å². The number of hydrogen-bond donors (Lipinski definition) is 3. The van der Waals surface area contributed by atoms with Gasteiger partial charge < -0.3 is 20.1 Å². The molecule has 2 aliphatic rings. The van der Waals surface area contributed by atoms with Crippen LogP contribution < -0.4 is 0 Å². The molecule has 0 aliphatic heterocycles. The largest absolute Gasteiger partial charge is 0.504 e. The molecule has 1 aromatic carbocycles. The third-order valence-corrected chi connectivity index (χ3v) is 8.72. The normalized spacial score (nSPS) is 29.5. The molecule has 0 spiro atoms. The number of carboxylic acids is 1. The molecule has 3 N–H and O–H groups in total. The Kier molecular flexibility index (Phi) is 8.34.